The lowest BCUT2D eigenvalue weighted by Crippen LogP contribution is -2.02. The third-order valence-corrected chi connectivity index (χ3v) is 10.3. The molecule has 0 aliphatic heterocycles. The second kappa shape index (κ2) is 6.31. The standard InChI is InChI=1S/C3H8Cl4Si2/c4-3(5)1-8-2-9(6)7/h3,9H,1-2,8H2. The van der Waals surface area contributed by atoms with Crippen molar-refractivity contribution in [1.82, 2.24) is 0 Å². The predicted octanol–water partition coefficient (Wildman–Crippen LogP) is 2.03. The molecule has 0 N–H and O–H groups in total. The second-order valence-corrected chi connectivity index (χ2v) is 11.2. The molecule has 0 aromatic rings. The van der Waals surface area contributed by atoms with E-state index < -0.39 is 7.42 Å². The third kappa shape index (κ3) is 9.59. The predicted molar refractivity (Wildman–Crippen MR) is 52.5 cm³/mol. The molecule has 0 aliphatic carbocycles. The van der Waals surface area contributed by atoms with Crippen molar-refractivity contribution in [1.29, 1.82) is 0 Å². The van der Waals surface area contributed by atoms with E-state index in [1.54, 1.807) is 0 Å². The summed E-state index contributed by atoms with van der Waals surface area (Å²) in [4.78, 5) is -0.197. The molecule has 0 fully saturated rings. The molecule has 0 heterocycles. The van der Waals surface area contributed by atoms with Gasteiger partial charge in [0.25, 0.3) is 0 Å². The average Bonchev–Trinajstić information content (AvgIpc) is 1.63. The van der Waals surface area contributed by atoms with Crippen LogP contribution in [-0.4, -0.2) is 21.8 Å². The number of hydrogen-bond donors (Lipinski definition) is 0. The van der Waals surface area contributed by atoms with Gasteiger partial charge in [-0.25, -0.2) is 0 Å². The van der Waals surface area contributed by atoms with Gasteiger partial charge in [-0.15, -0.1) is 23.2 Å². The molecule has 6 heteroatoms. The van der Waals surface area contributed by atoms with Gasteiger partial charge in [-0.05, 0) is 11.7 Å². The number of alkyl halides is 2. The van der Waals surface area contributed by atoms with Gasteiger partial charge in [0.05, 0.1) is 0 Å². The minimum absolute atomic E-state index is 0.150. The number of halogens is 4. The maximum absolute atomic E-state index is 5.61. The van der Waals surface area contributed by atoms with E-state index in [0.717, 1.165) is 11.7 Å². The fourth-order valence-electron chi connectivity index (χ4n) is 0.426. The van der Waals surface area contributed by atoms with Crippen LogP contribution >= 0.6 is 45.4 Å². The third-order valence-electron chi connectivity index (χ3n) is 0.845. The highest BCUT2D eigenvalue weighted by Crippen LogP contribution is 2.10. The minimum atomic E-state index is -1.34. The zero-order valence-corrected chi connectivity index (χ0v) is 10.4. The van der Waals surface area contributed by atoms with Gasteiger partial charge in [-0.2, -0.15) is 22.2 Å². The largest absolute Gasteiger partial charge is 0.234 e. The van der Waals surface area contributed by atoms with Gasteiger partial charge in [-0.1, -0.05) is 0 Å². The van der Waals surface area contributed by atoms with Crippen molar-refractivity contribution in [3.05, 3.63) is 0 Å². The fourth-order valence-corrected chi connectivity index (χ4v) is 6.62. The zero-order valence-electron chi connectivity index (χ0n) is 4.79. The van der Waals surface area contributed by atoms with E-state index in [4.69, 9.17) is 45.4 Å². The zero-order chi connectivity index (χ0) is 7.28. The minimum Gasteiger partial charge on any atom is -0.151 e. The highest BCUT2D eigenvalue weighted by molar-refractivity contribution is 7.35. The lowest BCUT2D eigenvalue weighted by atomic mass is 10.9. The lowest BCUT2D eigenvalue weighted by molar-refractivity contribution is 1.35. The quantitative estimate of drug-likeness (QED) is 0.402. The molecule has 0 amide bonds. The number of hydrogen-bond acceptors (Lipinski definition) is 0. The van der Waals surface area contributed by atoms with E-state index in [1.165, 1.54) is 0 Å². The van der Waals surface area contributed by atoms with Crippen molar-refractivity contribution >= 4 is 62.3 Å². The monoisotopic (exact) mass is 240 g/mol. The summed E-state index contributed by atoms with van der Waals surface area (Å²) in [7, 11) is -1.49. The topological polar surface area (TPSA) is 0 Å². The summed E-state index contributed by atoms with van der Waals surface area (Å²) in [5, 5.41) is 0. The normalized spacial score (nSPS) is 12.7. The molecule has 0 atom stereocenters. The van der Waals surface area contributed by atoms with E-state index in [-0.39, 0.29) is 14.4 Å². The Balaban J connectivity index is 2.91. The maximum Gasteiger partial charge on any atom is 0.234 e. The molecule has 0 nitrogen and oxygen atoms in total. The van der Waals surface area contributed by atoms with E-state index >= 15 is 0 Å². The van der Waals surface area contributed by atoms with Crippen LogP contribution in [-0.2, 0) is 0 Å². The van der Waals surface area contributed by atoms with Gasteiger partial charge in [0.1, 0.15) is 4.84 Å². The Hall–Kier alpha value is 1.59. The molecule has 0 spiro atoms. The second-order valence-electron chi connectivity index (χ2n) is 1.71. The first-order chi connectivity index (χ1) is 4.13. The molecule has 0 saturated carbocycles. The SMILES string of the molecule is ClC(Cl)C[SiH2]C[SiH](Cl)Cl. The molecular formula is C3H8Cl4Si2. The van der Waals surface area contributed by atoms with Crippen LogP contribution in [0.15, 0.2) is 0 Å². The maximum atomic E-state index is 5.61. The van der Waals surface area contributed by atoms with Gasteiger partial charge < -0.3 is 0 Å². The summed E-state index contributed by atoms with van der Waals surface area (Å²) in [6, 6.07) is 0.937. The molecule has 0 radical (unpaired) electrons. The molecule has 0 saturated heterocycles. The first-order valence-electron chi connectivity index (χ1n) is 2.69. The molecule has 0 aromatic carbocycles. The fraction of sp³-hybridized carbons (Fsp3) is 1.00. The molecule has 0 aromatic heterocycles. The van der Waals surface area contributed by atoms with Crippen molar-refractivity contribution in [2.75, 3.05) is 0 Å². The molecule has 0 rings (SSSR count). The summed E-state index contributed by atoms with van der Waals surface area (Å²) < 4.78 is 0. The molecule has 9 heavy (non-hydrogen) atoms. The van der Waals surface area contributed by atoms with Crippen LogP contribution in [0.3, 0.4) is 0 Å². The van der Waals surface area contributed by atoms with Crippen molar-refractivity contribution in [2.45, 2.75) is 16.5 Å². The Bertz CT molecular complexity index is 58.8. The van der Waals surface area contributed by atoms with E-state index in [0.29, 0.717) is 0 Å². The van der Waals surface area contributed by atoms with Crippen LogP contribution in [0, 0.1) is 0 Å². The van der Waals surface area contributed by atoms with Crippen molar-refractivity contribution in [3.8, 4) is 0 Å². The first-order valence-corrected chi connectivity index (χ1v) is 9.87. The highest BCUT2D eigenvalue weighted by atomic mass is 35.7. The van der Waals surface area contributed by atoms with Crippen LogP contribution in [0.4, 0.5) is 0 Å². The summed E-state index contributed by atoms with van der Waals surface area (Å²) in [6.45, 7) is 0. The van der Waals surface area contributed by atoms with Crippen LogP contribution in [0.2, 0.25) is 11.7 Å². The molecular weight excluding hydrogens is 234 g/mol. The van der Waals surface area contributed by atoms with E-state index in [2.05, 4.69) is 0 Å². The summed E-state index contributed by atoms with van der Waals surface area (Å²) in [6.07, 6.45) is 0. The van der Waals surface area contributed by atoms with Crippen LogP contribution in [0.5, 0.6) is 0 Å². The van der Waals surface area contributed by atoms with E-state index in [1.807, 2.05) is 0 Å². The van der Waals surface area contributed by atoms with Gasteiger partial charge >= 0.3 is 0 Å². The molecule has 56 valence electrons. The molecule has 0 aliphatic rings. The van der Waals surface area contributed by atoms with Crippen molar-refractivity contribution in [3.63, 3.8) is 0 Å². The van der Waals surface area contributed by atoms with Crippen molar-refractivity contribution in [2.24, 2.45) is 0 Å². The first kappa shape index (κ1) is 10.6. The Morgan fingerprint density at radius 3 is 2.22 bits per heavy atom. The molecule has 0 bridgehead atoms. The van der Waals surface area contributed by atoms with Gasteiger partial charge in [-0.3, -0.25) is 0 Å². The van der Waals surface area contributed by atoms with Gasteiger partial charge in [0.2, 0.25) is 7.42 Å². The Morgan fingerprint density at radius 2 is 1.89 bits per heavy atom. The summed E-state index contributed by atoms with van der Waals surface area (Å²) in [5.74, 6) is 0. The Labute approximate surface area is 78.6 Å². The average molecular weight is 242 g/mol. The number of rotatable bonds is 4. The van der Waals surface area contributed by atoms with Crippen LogP contribution in [0.25, 0.3) is 0 Å². The highest BCUT2D eigenvalue weighted by Gasteiger charge is 2.04. The van der Waals surface area contributed by atoms with Crippen LogP contribution in [0.1, 0.15) is 0 Å². The van der Waals surface area contributed by atoms with Gasteiger partial charge in [0.15, 0.2) is 0 Å². The molecule has 0 unspecified atom stereocenters. The summed E-state index contributed by atoms with van der Waals surface area (Å²) >= 11 is 22.2. The smallest absolute Gasteiger partial charge is 0.151 e. The Morgan fingerprint density at radius 1 is 1.33 bits per heavy atom. The van der Waals surface area contributed by atoms with E-state index in [9.17, 15) is 0 Å². The Kier molecular flexibility index (Phi) is 7.43. The van der Waals surface area contributed by atoms with Crippen LogP contribution < -0.4 is 0 Å². The summed E-state index contributed by atoms with van der Waals surface area (Å²) in [5.41, 5.74) is 1.04. The van der Waals surface area contributed by atoms with Gasteiger partial charge in [0, 0.05) is 9.52 Å². The van der Waals surface area contributed by atoms with Crippen molar-refractivity contribution < 1.29 is 0 Å². The lowest BCUT2D eigenvalue weighted by Gasteiger charge is -1.98.